The molecular weight excluding hydrogens is 841 g/mol. The number of furan rings is 1. The van der Waals surface area contributed by atoms with E-state index in [-0.39, 0.29) is 59.6 Å². The zero-order valence-electron chi connectivity index (χ0n) is 42.0. The predicted molar refractivity (Wildman–Crippen MR) is 220 cm³/mol. The van der Waals surface area contributed by atoms with Crippen molar-refractivity contribution in [2.75, 3.05) is 7.05 Å². The molecule has 0 spiro atoms. The summed E-state index contributed by atoms with van der Waals surface area (Å²) >= 11 is 0. The van der Waals surface area contributed by atoms with Crippen molar-refractivity contribution in [2.24, 2.45) is 0 Å². The number of benzene rings is 5. The van der Waals surface area contributed by atoms with Crippen LogP contribution < -0.4 is 0 Å². The van der Waals surface area contributed by atoms with E-state index < -0.39 is 27.4 Å². The third-order valence-corrected chi connectivity index (χ3v) is 9.58. The Balaban J connectivity index is 0.000000322. The molecule has 0 radical (unpaired) electrons. The van der Waals surface area contributed by atoms with Crippen LogP contribution in [0.4, 0.5) is 0 Å². The first-order valence-corrected chi connectivity index (χ1v) is 17.2. The minimum absolute atomic E-state index is 0. The third kappa shape index (κ3) is 6.93. The quantitative estimate of drug-likeness (QED) is 0.166. The Labute approximate surface area is 348 Å². The van der Waals surface area contributed by atoms with Crippen LogP contribution in [0.3, 0.4) is 0 Å². The van der Waals surface area contributed by atoms with Crippen LogP contribution >= 0.6 is 0 Å². The van der Waals surface area contributed by atoms with Crippen LogP contribution in [0.1, 0.15) is 76.9 Å². The van der Waals surface area contributed by atoms with Gasteiger partial charge >= 0.3 is 20.1 Å². The van der Waals surface area contributed by atoms with Gasteiger partial charge in [-0.25, -0.2) is 4.98 Å². The van der Waals surface area contributed by atoms with Crippen molar-refractivity contribution in [1.29, 1.82) is 0 Å². The van der Waals surface area contributed by atoms with Crippen LogP contribution in [0.5, 0.6) is 0 Å². The van der Waals surface area contributed by atoms with Crippen molar-refractivity contribution in [2.45, 2.75) is 59.8 Å². The molecule has 1 atom stereocenters. The second-order valence-corrected chi connectivity index (χ2v) is 14.3. The first kappa shape index (κ1) is 24.9. The molecule has 0 bridgehead atoms. The average molecular weight is 896 g/mol. The minimum Gasteiger partial charge on any atom is -0.668 e. The topological polar surface area (TPSA) is 56.3 Å². The summed E-state index contributed by atoms with van der Waals surface area (Å²) in [6.07, 6.45) is 4.79. The molecule has 9 rings (SSSR count). The summed E-state index contributed by atoms with van der Waals surface area (Å²) in [5.41, 5.74) is 4.40. The van der Waals surface area contributed by atoms with Gasteiger partial charge in [-0.15, -0.1) is 18.2 Å². The summed E-state index contributed by atoms with van der Waals surface area (Å²) in [5, 5.41) is 7.89. The molecule has 1 aliphatic heterocycles. The Morgan fingerprint density at radius 2 is 1.61 bits per heavy atom. The molecular formula is C48H43IrN4O. The molecule has 6 heteroatoms. The number of rotatable bonds is 3. The van der Waals surface area contributed by atoms with E-state index in [0.717, 1.165) is 21.9 Å². The van der Waals surface area contributed by atoms with Gasteiger partial charge in [0.2, 0.25) is 0 Å². The van der Waals surface area contributed by atoms with Crippen molar-refractivity contribution < 1.29 is 41.0 Å². The number of hydrogen-bond acceptors (Lipinski definition) is 4. The van der Waals surface area contributed by atoms with Gasteiger partial charge in [-0.3, -0.25) is 0 Å². The molecule has 0 aliphatic carbocycles. The van der Waals surface area contributed by atoms with Gasteiger partial charge < -0.3 is 19.6 Å². The largest absolute Gasteiger partial charge is 3.00 e. The molecule has 0 saturated heterocycles. The Morgan fingerprint density at radius 3 is 2.35 bits per heavy atom. The maximum atomic E-state index is 8.46. The summed E-state index contributed by atoms with van der Waals surface area (Å²) in [6.45, 7) is -3.37. The Bertz CT molecular complexity index is 3150. The summed E-state index contributed by atoms with van der Waals surface area (Å²) < 4.78 is 102. The van der Waals surface area contributed by atoms with E-state index in [4.69, 9.17) is 20.9 Å². The Kier molecular flexibility index (Phi) is 6.69. The molecule has 0 saturated carbocycles. The summed E-state index contributed by atoms with van der Waals surface area (Å²) in [4.78, 5) is 10.9. The zero-order valence-corrected chi connectivity index (χ0v) is 32.4. The van der Waals surface area contributed by atoms with Crippen molar-refractivity contribution in [3.8, 4) is 22.4 Å². The van der Waals surface area contributed by atoms with Gasteiger partial charge in [0.05, 0.1) is 5.58 Å². The van der Waals surface area contributed by atoms with Crippen LogP contribution in [-0.2, 0) is 25.5 Å². The van der Waals surface area contributed by atoms with Crippen LogP contribution in [0.15, 0.2) is 114 Å². The van der Waals surface area contributed by atoms with Gasteiger partial charge in [-0.05, 0) is 94.8 Å². The predicted octanol–water partition coefficient (Wildman–Crippen LogP) is 12.6. The second-order valence-electron chi connectivity index (χ2n) is 14.3. The van der Waals surface area contributed by atoms with Gasteiger partial charge in [0, 0.05) is 46.2 Å². The van der Waals surface area contributed by atoms with E-state index in [2.05, 4.69) is 48.2 Å². The fourth-order valence-electron chi connectivity index (χ4n) is 6.68. The van der Waals surface area contributed by atoms with Crippen LogP contribution in [0.25, 0.3) is 71.3 Å². The van der Waals surface area contributed by atoms with Gasteiger partial charge in [-0.1, -0.05) is 87.1 Å². The number of pyridine rings is 2. The number of fused-ring (bicyclic) bond motifs is 6. The van der Waals surface area contributed by atoms with E-state index in [0.29, 0.717) is 49.7 Å². The summed E-state index contributed by atoms with van der Waals surface area (Å²) in [6, 6.07) is 32.4. The summed E-state index contributed by atoms with van der Waals surface area (Å²) in [5.74, 6) is 0. The van der Waals surface area contributed by atoms with Crippen molar-refractivity contribution >= 4 is 43.6 Å². The fourth-order valence-corrected chi connectivity index (χ4v) is 6.68. The molecule has 0 amide bonds. The normalized spacial score (nSPS) is 18.2. The van der Waals surface area contributed by atoms with Crippen molar-refractivity contribution in [3.63, 3.8) is 0 Å². The second kappa shape index (κ2) is 14.5. The molecule has 5 nitrogen and oxygen atoms in total. The molecule has 0 fully saturated rings. The smallest absolute Gasteiger partial charge is 0.668 e. The van der Waals surface area contributed by atoms with E-state index in [9.17, 15) is 0 Å². The first-order valence-electron chi connectivity index (χ1n) is 23.2. The molecule has 5 aromatic carbocycles. The fraction of sp³-hybridized carbons (Fsp3) is 0.208. The average Bonchev–Trinajstić information content (AvgIpc) is 3.85. The standard InChI is InChI=1S/C37H31N2O.C11H12N2.Ir/c1-21-16-26-17-27(37(4,5)6)14-12-25(26)18-31(21)32-19-33(38-20-22(32)2)30-9-7-8-28-29-15-13-24-11-10-23(3)39-34(24)36(29)40-35(28)30;1-9-3-5-10(6-4-9)11-12-7-8-13(11)2;/h7-8,10-20H,1-6H3;3-5,7-8,11H,1-2H3;/q-1;-2;+3/i1D3,2D3,3D3;1D3;. The molecule has 270 valence electrons. The van der Waals surface area contributed by atoms with E-state index in [1.54, 1.807) is 48.7 Å². The van der Waals surface area contributed by atoms with Gasteiger partial charge in [0.25, 0.3) is 0 Å². The molecule has 8 aromatic rings. The van der Waals surface area contributed by atoms with E-state index in [1.165, 1.54) is 18.3 Å². The molecule has 54 heavy (non-hydrogen) atoms. The van der Waals surface area contributed by atoms with Gasteiger partial charge in [-0.2, -0.15) is 41.6 Å². The molecule has 0 N–H and O–H groups in total. The van der Waals surface area contributed by atoms with Gasteiger partial charge in [0.15, 0.2) is 0 Å². The van der Waals surface area contributed by atoms with Crippen LogP contribution in [-0.4, -0.2) is 21.9 Å². The third-order valence-electron chi connectivity index (χ3n) is 9.58. The van der Waals surface area contributed by atoms with Gasteiger partial charge in [0.1, 0.15) is 11.1 Å². The monoisotopic (exact) mass is 896 g/mol. The SMILES string of the molecule is [2H]C([2H])([2H])c1c[c-]c(C2[N-]C=CN2C)cc1.[2H]C([2H])([2H])c1ccc2ccc3c4cc[c-]c(-c5cc(-c6cc7ccc(C(C)(C)C)cc7cc6C([2H])([2H])[2H])c(C([2H])([2H])[2H])cn5)c4oc3c2n1.[Ir+3]. The maximum Gasteiger partial charge on any atom is 3.00 e. The zero-order chi connectivity index (χ0) is 47.0. The van der Waals surface area contributed by atoms with E-state index in [1.807, 2.05) is 54.5 Å². The molecule has 1 unspecified atom stereocenters. The van der Waals surface area contributed by atoms with E-state index >= 15 is 0 Å². The number of nitrogens with zero attached hydrogens (tertiary/aromatic N) is 4. The molecule has 3 aromatic heterocycles. The minimum atomic E-state index is -2.60. The Morgan fingerprint density at radius 1 is 0.796 bits per heavy atom. The van der Waals surface area contributed by atoms with Crippen molar-refractivity contribution in [1.82, 2.24) is 14.9 Å². The molecule has 1 aliphatic rings. The number of hydrogen-bond donors (Lipinski definition) is 0. The number of aryl methyl sites for hydroxylation is 4. The molecule has 4 heterocycles. The first-order chi connectivity index (χ1) is 30.3. The summed E-state index contributed by atoms with van der Waals surface area (Å²) in [7, 11) is 1.92. The van der Waals surface area contributed by atoms with Crippen LogP contribution in [0.2, 0.25) is 0 Å². The number of aromatic nitrogens is 2. The Hall–Kier alpha value is -5.29. The van der Waals surface area contributed by atoms with Crippen LogP contribution in [0, 0.1) is 39.5 Å². The maximum absolute atomic E-state index is 8.46. The van der Waals surface area contributed by atoms with Crippen molar-refractivity contribution in [3.05, 3.63) is 161 Å².